The Bertz CT molecular complexity index is 502. The van der Waals surface area contributed by atoms with E-state index in [1.165, 1.54) is 19.2 Å². The van der Waals surface area contributed by atoms with Gasteiger partial charge in [0.05, 0.1) is 24.7 Å². The number of hydrogen-bond acceptors (Lipinski definition) is 3. The highest BCUT2D eigenvalue weighted by Crippen LogP contribution is 2.45. The molecule has 1 saturated carbocycles. The molecule has 0 spiro atoms. The van der Waals surface area contributed by atoms with E-state index in [9.17, 15) is 14.8 Å². The first-order valence-corrected chi connectivity index (χ1v) is 7.06. The summed E-state index contributed by atoms with van der Waals surface area (Å²) in [5.74, 6) is -0.362. The number of methoxy groups -OCH3 is 1. The molecule has 0 amide bonds. The van der Waals surface area contributed by atoms with Gasteiger partial charge in [0.15, 0.2) is 11.6 Å². The maximum Gasteiger partial charge on any atom is 0.165 e. The smallest absolute Gasteiger partial charge is 0.165 e. The molecule has 0 aliphatic heterocycles. The summed E-state index contributed by atoms with van der Waals surface area (Å²) in [4.78, 5) is 0. The standard InChI is InChI=1S/C16H20FNO2/c1-20-14-7-6-12(10-13(14)17)15(19)16(11-18)8-4-2-3-5-9-16/h6-7,10,15,19H,2-5,8-9H2,1H3. The highest BCUT2D eigenvalue weighted by atomic mass is 19.1. The van der Waals surface area contributed by atoms with E-state index in [2.05, 4.69) is 6.07 Å². The highest BCUT2D eigenvalue weighted by Gasteiger charge is 2.39. The van der Waals surface area contributed by atoms with Crippen molar-refractivity contribution in [3.8, 4) is 11.8 Å². The van der Waals surface area contributed by atoms with Crippen molar-refractivity contribution in [2.45, 2.75) is 44.6 Å². The third kappa shape index (κ3) is 2.78. The number of ether oxygens (including phenoxy) is 1. The molecule has 2 rings (SSSR count). The van der Waals surface area contributed by atoms with Crippen molar-refractivity contribution < 1.29 is 14.2 Å². The fourth-order valence-corrected chi connectivity index (χ4v) is 2.98. The van der Waals surface area contributed by atoms with Gasteiger partial charge in [-0.2, -0.15) is 5.26 Å². The Morgan fingerprint density at radius 1 is 1.30 bits per heavy atom. The van der Waals surface area contributed by atoms with E-state index in [0.717, 1.165) is 25.7 Å². The number of halogens is 1. The maximum absolute atomic E-state index is 13.8. The first-order valence-electron chi connectivity index (χ1n) is 7.06. The lowest BCUT2D eigenvalue weighted by molar-refractivity contribution is 0.0513. The molecule has 1 aromatic carbocycles. The van der Waals surface area contributed by atoms with Crippen LogP contribution in [0.15, 0.2) is 18.2 Å². The van der Waals surface area contributed by atoms with Crippen molar-refractivity contribution in [2.75, 3.05) is 7.11 Å². The molecular formula is C16H20FNO2. The second-order valence-electron chi connectivity index (χ2n) is 5.48. The van der Waals surface area contributed by atoms with Gasteiger partial charge in [0, 0.05) is 0 Å². The van der Waals surface area contributed by atoms with Crippen molar-refractivity contribution >= 4 is 0 Å². The SMILES string of the molecule is COc1ccc(C(O)C2(C#N)CCCCCC2)cc1F. The van der Waals surface area contributed by atoms with Crippen LogP contribution >= 0.6 is 0 Å². The maximum atomic E-state index is 13.8. The van der Waals surface area contributed by atoms with E-state index in [-0.39, 0.29) is 5.75 Å². The van der Waals surface area contributed by atoms with Crippen LogP contribution in [-0.4, -0.2) is 12.2 Å². The lowest BCUT2D eigenvalue weighted by atomic mass is 9.74. The largest absolute Gasteiger partial charge is 0.494 e. The van der Waals surface area contributed by atoms with Crippen molar-refractivity contribution in [3.63, 3.8) is 0 Å². The minimum Gasteiger partial charge on any atom is -0.494 e. The molecule has 0 heterocycles. The molecule has 108 valence electrons. The van der Waals surface area contributed by atoms with E-state index in [1.54, 1.807) is 6.07 Å². The summed E-state index contributed by atoms with van der Waals surface area (Å²) in [6, 6.07) is 6.70. The highest BCUT2D eigenvalue weighted by molar-refractivity contribution is 5.32. The van der Waals surface area contributed by atoms with Crippen LogP contribution in [0.1, 0.15) is 50.2 Å². The van der Waals surface area contributed by atoms with Gasteiger partial charge in [0.1, 0.15) is 0 Å². The molecule has 1 aromatic rings. The predicted octanol–water partition coefficient (Wildman–Crippen LogP) is 3.73. The zero-order valence-corrected chi connectivity index (χ0v) is 11.7. The van der Waals surface area contributed by atoms with Gasteiger partial charge in [-0.3, -0.25) is 0 Å². The Morgan fingerprint density at radius 2 is 1.95 bits per heavy atom. The number of rotatable bonds is 3. The van der Waals surface area contributed by atoms with Gasteiger partial charge in [0.25, 0.3) is 0 Å². The molecule has 3 nitrogen and oxygen atoms in total. The van der Waals surface area contributed by atoms with Gasteiger partial charge in [-0.1, -0.05) is 31.7 Å². The van der Waals surface area contributed by atoms with E-state index >= 15 is 0 Å². The Morgan fingerprint density at radius 3 is 2.45 bits per heavy atom. The first kappa shape index (κ1) is 14.8. The number of aliphatic hydroxyl groups is 1. The van der Waals surface area contributed by atoms with E-state index in [1.807, 2.05) is 0 Å². The predicted molar refractivity (Wildman–Crippen MR) is 73.7 cm³/mol. The third-order valence-corrected chi connectivity index (χ3v) is 4.23. The average molecular weight is 277 g/mol. The Kier molecular flexibility index (Phi) is 4.61. The lowest BCUT2D eigenvalue weighted by Gasteiger charge is -2.31. The quantitative estimate of drug-likeness (QED) is 0.856. The minimum atomic E-state index is -0.953. The molecule has 1 unspecified atom stereocenters. The van der Waals surface area contributed by atoms with Crippen LogP contribution in [0.3, 0.4) is 0 Å². The summed E-state index contributed by atoms with van der Waals surface area (Å²) >= 11 is 0. The Hall–Kier alpha value is -1.60. The average Bonchev–Trinajstić information content (AvgIpc) is 2.72. The van der Waals surface area contributed by atoms with Crippen LogP contribution in [0, 0.1) is 22.6 Å². The van der Waals surface area contributed by atoms with E-state index in [4.69, 9.17) is 4.74 Å². The van der Waals surface area contributed by atoms with E-state index < -0.39 is 17.3 Å². The Labute approximate surface area is 119 Å². The number of nitriles is 1. The lowest BCUT2D eigenvalue weighted by Crippen LogP contribution is -2.27. The molecule has 4 heteroatoms. The fraction of sp³-hybridized carbons (Fsp3) is 0.562. The van der Waals surface area contributed by atoms with Crippen molar-refractivity contribution in [3.05, 3.63) is 29.6 Å². The summed E-state index contributed by atoms with van der Waals surface area (Å²) in [5, 5.41) is 20.1. The molecule has 1 aliphatic rings. The summed E-state index contributed by atoms with van der Waals surface area (Å²) in [5.41, 5.74) is -0.343. The molecule has 1 atom stereocenters. The molecule has 0 radical (unpaired) electrons. The van der Waals surface area contributed by atoms with Gasteiger partial charge >= 0.3 is 0 Å². The molecule has 0 aromatic heterocycles. The molecular weight excluding hydrogens is 257 g/mol. The number of benzene rings is 1. The molecule has 0 saturated heterocycles. The molecule has 0 bridgehead atoms. The summed E-state index contributed by atoms with van der Waals surface area (Å²) < 4.78 is 18.6. The van der Waals surface area contributed by atoms with Gasteiger partial charge in [-0.15, -0.1) is 0 Å². The zero-order chi connectivity index (χ0) is 14.6. The molecule has 1 aliphatic carbocycles. The number of hydrogen-bond donors (Lipinski definition) is 1. The summed E-state index contributed by atoms with van der Waals surface area (Å²) in [7, 11) is 1.40. The second-order valence-corrected chi connectivity index (χ2v) is 5.48. The summed E-state index contributed by atoms with van der Waals surface area (Å²) in [6.45, 7) is 0. The van der Waals surface area contributed by atoms with Crippen LogP contribution in [-0.2, 0) is 0 Å². The second kappa shape index (κ2) is 6.23. The van der Waals surface area contributed by atoms with Crippen molar-refractivity contribution in [1.29, 1.82) is 5.26 Å². The number of aliphatic hydroxyl groups excluding tert-OH is 1. The first-order chi connectivity index (χ1) is 9.63. The van der Waals surface area contributed by atoms with Gasteiger partial charge < -0.3 is 9.84 Å². The van der Waals surface area contributed by atoms with Crippen LogP contribution in [0.2, 0.25) is 0 Å². The van der Waals surface area contributed by atoms with Crippen LogP contribution < -0.4 is 4.74 Å². The zero-order valence-electron chi connectivity index (χ0n) is 11.7. The van der Waals surface area contributed by atoms with Crippen LogP contribution in [0.25, 0.3) is 0 Å². The van der Waals surface area contributed by atoms with Crippen molar-refractivity contribution in [2.24, 2.45) is 5.41 Å². The van der Waals surface area contributed by atoms with Crippen LogP contribution in [0.5, 0.6) is 5.75 Å². The van der Waals surface area contributed by atoms with Gasteiger partial charge in [0.2, 0.25) is 0 Å². The monoisotopic (exact) mass is 277 g/mol. The Balaban J connectivity index is 2.30. The van der Waals surface area contributed by atoms with Gasteiger partial charge in [-0.05, 0) is 30.5 Å². The fourth-order valence-electron chi connectivity index (χ4n) is 2.98. The summed E-state index contributed by atoms with van der Waals surface area (Å²) in [6.07, 6.45) is 4.43. The van der Waals surface area contributed by atoms with E-state index in [0.29, 0.717) is 18.4 Å². The normalized spacial score (nSPS) is 19.7. The van der Waals surface area contributed by atoms with Gasteiger partial charge in [-0.25, -0.2) is 4.39 Å². The third-order valence-electron chi connectivity index (χ3n) is 4.23. The topological polar surface area (TPSA) is 53.2 Å². The van der Waals surface area contributed by atoms with Crippen molar-refractivity contribution in [1.82, 2.24) is 0 Å². The minimum absolute atomic E-state index is 0.146. The molecule has 1 N–H and O–H groups in total. The number of nitrogens with zero attached hydrogens (tertiary/aromatic N) is 1. The molecule has 20 heavy (non-hydrogen) atoms. The van der Waals surface area contributed by atoms with Crippen LogP contribution in [0.4, 0.5) is 4.39 Å². The molecule has 1 fully saturated rings.